The van der Waals surface area contributed by atoms with Gasteiger partial charge < -0.3 is 19.9 Å². The number of benzene rings is 1. The number of aromatic amines is 1. The molecule has 0 radical (unpaired) electrons. The molecule has 2 fully saturated rings. The molecule has 2 saturated heterocycles. The van der Waals surface area contributed by atoms with Crippen molar-refractivity contribution in [2.75, 3.05) is 63.2 Å². The summed E-state index contributed by atoms with van der Waals surface area (Å²) >= 11 is 0. The Bertz CT molecular complexity index is 1890. The zero-order chi connectivity index (χ0) is 33.1. The lowest BCUT2D eigenvalue weighted by Gasteiger charge is -2.41. The van der Waals surface area contributed by atoms with Crippen LogP contribution in [-0.4, -0.2) is 111 Å². The van der Waals surface area contributed by atoms with Gasteiger partial charge in [-0.3, -0.25) is 24.6 Å². The first kappa shape index (κ1) is 31.3. The molecule has 2 amide bonds. The molecule has 6 heterocycles. The minimum Gasteiger partial charge on any atom is -0.384 e. The van der Waals surface area contributed by atoms with Gasteiger partial charge in [0.15, 0.2) is 5.82 Å². The number of ether oxygens (including phenoxy) is 1. The first-order valence-electron chi connectivity index (χ1n) is 16.1. The summed E-state index contributed by atoms with van der Waals surface area (Å²) in [5, 5.41) is 11.6. The molecule has 0 spiro atoms. The van der Waals surface area contributed by atoms with Crippen LogP contribution < -0.4 is 10.2 Å². The number of fused-ring (bicyclic) bond motifs is 1. The number of piperazine rings is 1. The smallest absolute Gasteiger partial charge is 0.237 e. The summed E-state index contributed by atoms with van der Waals surface area (Å²) in [6, 6.07) is 15.3. The number of methoxy groups -OCH3 is 1. The summed E-state index contributed by atoms with van der Waals surface area (Å²) in [5.41, 5.74) is 3.37. The Hall–Kier alpha value is -5.27. The maximum atomic E-state index is 13.9. The van der Waals surface area contributed by atoms with E-state index in [1.54, 1.807) is 44.2 Å². The number of likely N-dealkylation sites (tertiary alicyclic amines) is 1. The van der Waals surface area contributed by atoms with Crippen LogP contribution in [0.15, 0.2) is 79.5 Å². The number of H-pyrrole nitrogens is 1. The van der Waals surface area contributed by atoms with Gasteiger partial charge in [-0.2, -0.15) is 5.10 Å². The highest BCUT2D eigenvalue weighted by Crippen LogP contribution is 2.34. The Kier molecular flexibility index (Phi) is 8.78. The summed E-state index contributed by atoms with van der Waals surface area (Å²) < 4.78 is 5.57. The van der Waals surface area contributed by atoms with Gasteiger partial charge in [-0.25, -0.2) is 15.0 Å². The number of hydrogen-bond acceptors (Lipinski definition) is 10. The molecule has 4 aromatic heterocycles. The topological polar surface area (TPSA) is 145 Å². The average Bonchev–Trinajstić information content (AvgIpc) is 3.74. The number of hydrogen-bond donors (Lipinski definition) is 2. The van der Waals surface area contributed by atoms with Gasteiger partial charge in [0.2, 0.25) is 11.8 Å². The first-order chi connectivity index (χ1) is 23.4. The monoisotopic (exact) mass is 646 g/mol. The van der Waals surface area contributed by atoms with Gasteiger partial charge >= 0.3 is 0 Å². The molecule has 2 N–H and O–H groups in total. The van der Waals surface area contributed by atoms with Crippen LogP contribution in [0.3, 0.4) is 0 Å². The maximum Gasteiger partial charge on any atom is 0.237 e. The van der Waals surface area contributed by atoms with Gasteiger partial charge in [-0.1, -0.05) is 0 Å². The quantitative estimate of drug-likeness (QED) is 0.244. The van der Waals surface area contributed by atoms with Crippen molar-refractivity contribution in [1.29, 1.82) is 0 Å². The Morgan fingerprint density at radius 2 is 1.83 bits per heavy atom. The summed E-state index contributed by atoms with van der Waals surface area (Å²) in [4.78, 5) is 51.0. The highest BCUT2D eigenvalue weighted by atomic mass is 16.5. The van der Waals surface area contributed by atoms with Gasteiger partial charge in [0.25, 0.3) is 0 Å². The van der Waals surface area contributed by atoms with E-state index in [2.05, 4.69) is 52.2 Å². The molecule has 2 aliphatic heterocycles. The Morgan fingerprint density at radius 3 is 2.58 bits per heavy atom. The summed E-state index contributed by atoms with van der Waals surface area (Å²) in [5.74, 6) is 1.45. The van der Waals surface area contributed by atoms with E-state index >= 15 is 0 Å². The Balaban J connectivity index is 0.969. The van der Waals surface area contributed by atoms with Crippen molar-refractivity contribution in [3.63, 3.8) is 0 Å². The van der Waals surface area contributed by atoms with E-state index < -0.39 is 5.41 Å². The van der Waals surface area contributed by atoms with Crippen molar-refractivity contribution in [3.8, 4) is 22.6 Å². The van der Waals surface area contributed by atoms with Crippen molar-refractivity contribution >= 4 is 34.2 Å². The van der Waals surface area contributed by atoms with E-state index in [-0.39, 0.29) is 31.0 Å². The Morgan fingerprint density at radius 1 is 1.00 bits per heavy atom. The van der Waals surface area contributed by atoms with Crippen LogP contribution in [0.2, 0.25) is 0 Å². The van der Waals surface area contributed by atoms with E-state index in [1.165, 1.54) is 0 Å². The van der Waals surface area contributed by atoms with Gasteiger partial charge in [0, 0.05) is 92.5 Å². The van der Waals surface area contributed by atoms with Gasteiger partial charge in [0.1, 0.15) is 11.5 Å². The largest absolute Gasteiger partial charge is 0.384 e. The van der Waals surface area contributed by atoms with Crippen LogP contribution in [0.4, 0.5) is 11.5 Å². The van der Waals surface area contributed by atoms with E-state index in [4.69, 9.17) is 4.74 Å². The Labute approximate surface area is 278 Å². The van der Waals surface area contributed by atoms with Crippen molar-refractivity contribution in [2.45, 2.75) is 19.4 Å². The van der Waals surface area contributed by atoms with Gasteiger partial charge in [0.05, 0.1) is 24.1 Å². The lowest BCUT2D eigenvalue weighted by molar-refractivity contribution is -0.135. The number of nitrogens with zero attached hydrogens (tertiary/aromatic N) is 8. The van der Waals surface area contributed by atoms with Crippen LogP contribution in [0.5, 0.6) is 0 Å². The van der Waals surface area contributed by atoms with E-state index in [1.807, 2.05) is 47.4 Å². The first-order valence-corrected chi connectivity index (χ1v) is 16.1. The van der Waals surface area contributed by atoms with Gasteiger partial charge in [-0.05, 0) is 68.4 Å². The lowest BCUT2D eigenvalue weighted by Crippen LogP contribution is -2.56. The molecule has 13 nitrogen and oxygen atoms in total. The van der Waals surface area contributed by atoms with Crippen LogP contribution in [-0.2, 0) is 14.3 Å². The fourth-order valence-electron chi connectivity index (χ4n) is 6.80. The van der Waals surface area contributed by atoms with E-state index in [0.29, 0.717) is 50.7 Å². The zero-order valence-corrected chi connectivity index (χ0v) is 27.0. The van der Waals surface area contributed by atoms with Crippen molar-refractivity contribution in [2.24, 2.45) is 5.41 Å². The third-order valence-corrected chi connectivity index (χ3v) is 9.31. The van der Waals surface area contributed by atoms with Crippen LogP contribution in [0.1, 0.15) is 13.3 Å². The fraction of sp³-hybridized carbons (Fsp3) is 0.343. The molecule has 0 saturated carbocycles. The van der Waals surface area contributed by atoms with Crippen LogP contribution in [0.25, 0.3) is 33.5 Å². The number of anilines is 2. The number of carbonyl (C=O) groups excluding carboxylic acids is 2. The number of carbonyl (C=O) groups is 2. The number of amides is 2. The molecule has 5 aromatic rings. The molecule has 1 unspecified atom stereocenters. The molecule has 2 aliphatic rings. The standard InChI is InChI=1S/C35H38N10O3/c1-24-20-44(30-7-4-26(19-39-30)33-37-11-3-12-38-33)16-17-45(24)31(46)21-43-15-10-35(22-43,23-48-2)34(47)40-27-5-6-29-28(18-27)32(42-41-29)25-8-13-36-14-9-25/h3-9,11-14,18-19,24H,10,15-17,20-23H2,1-2H3,(H,40,47)(H,41,42)/t24-,35?/m1/s1. The maximum absolute atomic E-state index is 13.9. The number of nitrogens with one attached hydrogen (secondary N) is 2. The van der Waals surface area contributed by atoms with E-state index in [0.717, 1.165) is 33.5 Å². The lowest BCUT2D eigenvalue weighted by atomic mass is 9.87. The van der Waals surface area contributed by atoms with Gasteiger partial charge in [-0.15, -0.1) is 0 Å². The molecule has 0 aliphatic carbocycles. The van der Waals surface area contributed by atoms with Crippen molar-refractivity contribution in [3.05, 3.63) is 79.5 Å². The molecule has 246 valence electrons. The van der Waals surface area contributed by atoms with Crippen molar-refractivity contribution < 1.29 is 14.3 Å². The SMILES string of the molecule is COCC1(C(=O)Nc2ccc3[nH]nc(-c4ccncc4)c3c2)CCN(CC(=O)N2CCN(c3ccc(-c4ncccn4)cn3)C[C@H]2C)C1. The minimum absolute atomic E-state index is 0.00898. The molecular formula is C35H38N10O3. The fourth-order valence-corrected chi connectivity index (χ4v) is 6.80. The highest BCUT2D eigenvalue weighted by molar-refractivity contribution is 6.00. The average molecular weight is 647 g/mol. The van der Waals surface area contributed by atoms with E-state index in [9.17, 15) is 9.59 Å². The summed E-state index contributed by atoms with van der Waals surface area (Å²) in [6.45, 7) is 5.61. The second-order valence-electron chi connectivity index (χ2n) is 12.6. The molecule has 0 bridgehead atoms. The molecular weight excluding hydrogens is 608 g/mol. The van der Waals surface area contributed by atoms with Crippen LogP contribution >= 0.6 is 0 Å². The third kappa shape index (κ3) is 6.34. The summed E-state index contributed by atoms with van der Waals surface area (Å²) in [7, 11) is 1.61. The number of aromatic nitrogens is 6. The number of rotatable bonds is 9. The molecule has 2 atom stereocenters. The number of pyridine rings is 2. The van der Waals surface area contributed by atoms with Crippen LogP contribution in [0, 0.1) is 5.41 Å². The minimum atomic E-state index is -0.777. The molecule has 7 rings (SSSR count). The zero-order valence-electron chi connectivity index (χ0n) is 27.0. The second kappa shape index (κ2) is 13.5. The molecule has 13 heteroatoms. The van der Waals surface area contributed by atoms with Crippen molar-refractivity contribution in [1.82, 2.24) is 39.9 Å². The third-order valence-electron chi connectivity index (χ3n) is 9.31. The molecule has 48 heavy (non-hydrogen) atoms. The summed E-state index contributed by atoms with van der Waals surface area (Å²) in [6.07, 6.45) is 9.27. The predicted molar refractivity (Wildman–Crippen MR) is 182 cm³/mol. The normalized spacial score (nSPS) is 19.9. The molecule has 1 aromatic carbocycles. The second-order valence-corrected chi connectivity index (χ2v) is 12.6. The predicted octanol–water partition coefficient (Wildman–Crippen LogP) is 3.49. The highest BCUT2D eigenvalue weighted by Gasteiger charge is 2.45.